The minimum Gasteiger partial charge on any atom is -0.309 e. The van der Waals surface area contributed by atoms with Gasteiger partial charge in [-0.3, -0.25) is 0 Å². The summed E-state index contributed by atoms with van der Waals surface area (Å²) in [7, 11) is 0. The quantitative estimate of drug-likeness (QED) is 0.162. The van der Waals surface area contributed by atoms with Crippen molar-refractivity contribution in [1.82, 2.24) is 9.13 Å². The smallest absolute Gasteiger partial charge is 0.195 e. The van der Waals surface area contributed by atoms with Crippen LogP contribution < -0.4 is 0 Å². The van der Waals surface area contributed by atoms with Crippen molar-refractivity contribution in [2.75, 3.05) is 0 Å². The Morgan fingerprint density at radius 3 is 1.43 bits per heavy atom. The topological polar surface area (TPSA) is 38.0 Å². The van der Waals surface area contributed by atoms with Crippen molar-refractivity contribution in [3.05, 3.63) is 197 Å². The van der Waals surface area contributed by atoms with E-state index in [9.17, 15) is 5.26 Å². The lowest BCUT2D eigenvalue weighted by Crippen LogP contribution is -1.98. The fraction of sp³-hybridized carbons (Fsp3) is 0.0741. The Labute approximate surface area is 337 Å². The molecule has 0 saturated heterocycles. The Balaban J connectivity index is 1.15. The first-order valence-electron chi connectivity index (χ1n) is 19.6. The summed E-state index contributed by atoms with van der Waals surface area (Å²) in [6.45, 7) is 16.9. The van der Waals surface area contributed by atoms with E-state index in [4.69, 9.17) is 6.57 Å². The highest BCUT2D eigenvalue weighted by atomic mass is 15.0. The van der Waals surface area contributed by atoms with Gasteiger partial charge in [-0.15, -0.1) is 0 Å². The van der Waals surface area contributed by atoms with Crippen LogP contribution >= 0.6 is 0 Å². The number of fused-ring (bicyclic) bond motifs is 6. The Bertz CT molecular complexity index is 3190. The van der Waals surface area contributed by atoms with Crippen molar-refractivity contribution in [3.8, 4) is 50.8 Å². The minimum atomic E-state index is 0.496. The summed E-state index contributed by atoms with van der Waals surface area (Å²) < 4.78 is 4.56. The normalized spacial score (nSPS) is 11.4. The van der Waals surface area contributed by atoms with E-state index in [2.05, 4.69) is 181 Å². The fourth-order valence-electron chi connectivity index (χ4n) is 9.08. The molecule has 0 fully saturated rings. The van der Waals surface area contributed by atoms with Gasteiger partial charge in [0.2, 0.25) is 0 Å². The summed E-state index contributed by atoms with van der Waals surface area (Å²) in [6, 6.07) is 58.1. The maximum Gasteiger partial charge on any atom is 0.195 e. The van der Waals surface area contributed by atoms with E-state index in [0.29, 0.717) is 11.3 Å². The van der Waals surface area contributed by atoms with Gasteiger partial charge in [0.1, 0.15) is 0 Å². The monoisotopic (exact) mass is 742 g/mol. The van der Waals surface area contributed by atoms with Crippen LogP contribution in [0.2, 0.25) is 0 Å². The van der Waals surface area contributed by atoms with E-state index in [1.165, 1.54) is 44.5 Å². The number of hydrogen-bond donors (Lipinski definition) is 0. The maximum absolute atomic E-state index is 10.5. The Morgan fingerprint density at radius 2 is 0.931 bits per heavy atom. The molecule has 10 rings (SSSR count). The predicted molar refractivity (Wildman–Crippen MR) is 241 cm³/mol. The SMILES string of the molecule is [C-]#[N+]c1ccc(-n2c3ccccc3c3cc(-c4ccc(C)cc4C)ccc32)cc1-c1cc(-n2c3ccccc3c3cc(-c4ccc(C)cc4C)ccc32)ccc1C#N. The fourth-order valence-corrected chi connectivity index (χ4v) is 9.08. The minimum absolute atomic E-state index is 0.496. The lowest BCUT2D eigenvalue weighted by molar-refractivity contribution is 1.17. The van der Waals surface area contributed by atoms with Gasteiger partial charge in [0, 0.05) is 32.9 Å². The molecule has 0 radical (unpaired) electrons. The summed E-state index contributed by atoms with van der Waals surface area (Å²) in [6.07, 6.45) is 0. The molecule has 8 aromatic carbocycles. The van der Waals surface area contributed by atoms with Gasteiger partial charge in [-0.05, 0) is 139 Å². The standard InChI is InChI=1S/C54H38N4/c1-33-14-21-42(35(3)26-33)37-17-24-53-48(28-37)44-10-6-8-12-51(44)57(53)40-19-16-39(32-55)46(30-40)47-31-41(20-23-50(47)56-5)58-52-13-9-7-11-45(52)49-29-38(18-25-54(49)58)43-22-15-34(2)27-36(43)4/h6-31H,1-4H3. The third-order valence-corrected chi connectivity index (χ3v) is 11.8. The van der Waals surface area contributed by atoms with E-state index < -0.39 is 0 Å². The van der Waals surface area contributed by atoms with Crippen LogP contribution in [0.5, 0.6) is 0 Å². The largest absolute Gasteiger partial charge is 0.309 e. The number of benzene rings is 8. The summed E-state index contributed by atoms with van der Waals surface area (Å²) in [5, 5.41) is 15.2. The van der Waals surface area contributed by atoms with E-state index in [1.54, 1.807) is 0 Å². The molecule has 0 bridgehead atoms. The summed E-state index contributed by atoms with van der Waals surface area (Å²) in [4.78, 5) is 4.00. The molecule has 58 heavy (non-hydrogen) atoms. The molecular formula is C54H38N4. The molecule has 10 aromatic rings. The number of para-hydroxylation sites is 2. The average Bonchev–Trinajstić information content (AvgIpc) is 3.75. The predicted octanol–water partition coefficient (Wildman–Crippen LogP) is 14.5. The van der Waals surface area contributed by atoms with Gasteiger partial charge in [0.15, 0.2) is 5.69 Å². The molecule has 0 atom stereocenters. The van der Waals surface area contributed by atoms with Crippen LogP contribution in [0.4, 0.5) is 5.69 Å². The Hall–Kier alpha value is -7.66. The van der Waals surface area contributed by atoms with Crippen molar-refractivity contribution < 1.29 is 0 Å². The third-order valence-electron chi connectivity index (χ3n) is 11.8. The third kappa shape index (κ3) is 5.50. The maximum atomic E-state index is 10.5. The van der Waals surface area contributed by atoms with Gasteiger partial charge in [-0.1, -0.05) is 102 Å². The van der Waals surface area contributed by atoms with Crippen LogP contribution in [0.25, 0.3) is 93.2 Å². The van der Waals surface area contributed by atoms with Crippen LogP contribution in [-0.4, -0.2) is 9.13 Å². The van der Waals surface area contributed by atoms with Crippen molar-refractivity contribution in [2.24, 2.45) is 0 Å². The second-order valence-electron chi connectivity index (χ2n) is 15.5. The van der Waals surface area contributed by atoms with Gasteiger partial charge < -0.3 is 9.13 Å². The molecule has 0 spiro atoms. The van der Waals surface area contributed by atoms with Gasteiger partial charge in [0.05, 0.1) is 40.3 Å². The van der Waals surface area contributed by atoms with Crippen molar-refractivity contribution in [1.29, 1.82) is 5.26 Å². The number of aromatic nitrogens is 2. The van der Waals surface area contributed by atoms with Crippen molar-refractivity contribution in [2.45, 2.75) is 27.7 Å². The Kier molecular flexibility index (Phi) is 8.11. The molecule has 2 heterocycles. The second-order valence-corrected chi connectivity index (χ2v) is 15.5. The van der Waals surface area contributed by atoms with Crippen LogP contribution in [0, 0.1) is 45.6 Å². The second kappa shape index (κ2) is 13.5. The zero-order valence-electron chi connectivity index (χ0n) is 32.8. The molecule has 4 nitrogen and oxygen atoms in total. The lowest BCUT2D eigenvalue weighted by Gasteiger charge is -2.15. The molecule has 0 aliphatic heterocycles. The number of nitrogens with zero attached hydrogens (tertiary/aromatic N) is 4. The van der Waals surface area contributed by atoms with Crippen LogP contribution in [0.1, 0.15) is 27.8 Å². The average molecular weight is 743 g/mol. The molecular weight excluding hydrogens is 705 g/mol. The number of hydrogen-bond acceptors (Lipinski definition) is 1. The molecule has 0 amide bonds. The first-order valence-corrected chi connectivity index (χ1v) is 19.6. The zero-order valence-corrected chi connectivity index (χ0v) is 32.8. The van der Waals surface area contributed by atoms with E-state index in [1.807, 2.05) is 24.3 Å². The van der Waals surface area contributed by atoms with E-state index >= 15 is 0 Å². The van der Waals surface area contributed by atoms with Gasteiger partial charge >= 0.3 is 0 Å². The highest BCUT2D eigenvalue weighted by Crippen LogP contribution is 2.42. The molecule has 4 heteroatoms. The van der Waals surface area contributed by atoms with Gasteiger partial charge in [-0.2, -0.15) is 5.26 Å². The number of nitriles is 1. The van der Waals surface area contributed by atoms with Crippen molar-refractivity contribution >= 4 is 49.3 Å². The van der Waals surface area contributed by atoms with Gasteiger partial charge in [-0.25, -0.2) is 4.85 Å². The first-order chi connectivity index (χ1) is 28.3. The molecule has 0 aliphatic carbocycles. The summed E-state index contributed by atoms with van der Waals surface area (Å²) in [5.74, 6) is 0. The Morgan fingerprint density at radius 1 is 0.448 bits per heavy atom. The lowest BCUT2D eigenvalue weighted by atomic mass is 9.97. The van der Waals surface area contributed by atoms with Gasteiger partial charge in [0.25, 0.3) is 0 Å². The summed E-state index contributed by atoms with van der Waals surface area (Å²) >= 11 is 0. The van der Waals surface area contributed by atoms with Crippen LogP contribution in [0.15, 0.2) is 158 Å². The zero-order chi connectivity index (χ0) is 39.7. The molecule has 0 aliphatic rings. The highest BCUT2D eigenvalue weighted by molar-refractivity contribution is 6.12. The van der Waals surface area contributed by atoms with Crippen LogP contribution in [0.3, 0.4) is 0 Å². The molecule has 0 unspecified atom stereocenters. The highest BCUT2D eigenvalue weighted by Gasteiger charge is 2.20. The first kappa shape index (κ1) is 34.8. The van der Waals surface area contributed by atoms with E-state index in [-0.39, 0.29) is 0 Å². The molecule has 2 aromatic heterocycles. The number of rotatable bonds is 5. The molecule has 274 valence electrons. The molecule has 0 saturated carbocycles. The number of aryl methyl sites for hydroxylation is 4. The van der Waals surface area contributed by atoms with Crippen molar-refractivity contribution in [3.63, 3.8) is 0 Å². The van der Waals surface area contributed by atoms with E-state index in [0.717, 1.165) is 66.1 Å². The van der Waals surface area contributed by atoms with Crippen LogP contribution in [-0.2, 0) is 0 Å². The molecule has 0 N–H and O–H groups in total. The summed E-state index contributed by atoms with van der Waals surface area (Å²) in [5.41, 5.74) is 18.4.